The van der Waals surface area contributed by atoms with E-state index in [0.717, 1.165) is 11.3 Å². The van der Waals surface area contributed by atoms with Crippen LogP contribution >= 0.6 is 11.6 Å². The van der Waals surface area contributed by atoms with Crippen LogP contribution < -0.4 is 0 Å². The van der Waals surface area contributed by atoms with Crippen molar-refractivity contribution in [3.8, 4) is 0 Å². The lowest BCUT2D eigenvalue weighted by Gasteiger charge is -2.23. The normalized spacial score (nSPS) is 21.1. The van der Waals surface area contributed by atoms with Crippen molar-refractivity contribution in [1.29, 1.82) is 0 Å². The molecule has 1 saturated carbocycles. The number of hydrogen-bond donors (Lipinski definition) is 0. The Hall–Kier alpha value is -1.09. The molecule has 0 aromatic carbocycles. The van der Waals surface area contributed by atoms with Crippen LogP contribution in [-0.2, 0) is 6.54 Å². The fourth-order valence-electron chi connectivity index (χ4n) is 2.34. The van der Waals surface area contributed by atoms with Gasteiger partial charge in [0.1, 0.15) is 5.15 Å². The van der Waals surface area contributed by atoms with Gasteiger partial charge in [0.15, 0.2) is 0 Å². The van der Waals surface area contributed by atoms with E-state index in [2.05, 4.69) is 11.9 Å². The average Bonchev–Trinajstić information content (AvgIpc) is 3.04. The predicted octanol–water partition coefficient (Wildman–Crippen LogP) is 2.49. The molecule has 1 aliphatic heterocycles. The van der Waals surface area contributed by atoms with E-state index in [4.69, 9.17) is 11.6 Å². The van der Waals surface area contributed by atoms with Gasteiger partial charge in [-0.25, -0.2) is 4.98 Å². The minimum absolute atomic E-state index is 0.110. The fourth-order valence-corrected chi connectivity index (χ4v) is 2.50. The first-order valence-electron chi connectivity index (χ1n) is 5.63. The molecule has 0 N–H and O–H groups in total. The van der Waals surface area contributed by atoms with Crippen LogP contribution in [0.1, 0.15) is 35.8 Å². The summed E-state index contributed by atoms with van der Waals surface area (Å²) in [6.45, 7) is 2.75. The van der Waals surface area contributed by atoms with Crippen molar-refractivity contribution in [1.82, 2.24) is 9.88 Å². The summed E-state index contributed by atoms with van der Waals surface area (Å²) in [6, 6.07) is 3.80. The molecule has 4 heteroatoms. The van der Waals surface area contributed by atoms with Crippen molar-refractivity contribution in [3.63, 3.8) is 0 Å². The summed E-state index contributed by atoms with van der Waals surface area (Å²) in [5.41, 5.74) is 1.54. The van der Waals surface area contributed by atoms with Gasteiger partial charge in [-0.2, -0.15) is 0 Å². The topological polar surface area (TPSA) is 33.2 Å². The average molecular weight is 237 g/mol. The summed E-state index contributed by atoms with van der Waals surface area (Å²) in [4.78, 5) is 18.3. The summed E-state index contributed by atoms with van der Waals surface area (Å²) in [6.07, 6.45) is 2.49. The number of rotatable bonds is 2. The minimum Gasteiger partial charge on any atom is -0.330 e. The molecule has 16 heavy (non-hydrogen) atoms. The highest BCUT2D eigenvalue weighted by Crippen LogP contribution is 2.38. The van der Waals surface area contributed by atoms with Gasteiger partial charge in [0.2, 0.25) is 0 Å². The van der Waals surface area contributed by atoms with Gasteiger partial charge in [-0.3, -0.25) is 4.79 Å². The Labute approximate surface area is 99.4 Å². The monoisotopic (exact) mass is 236 g/mol. The van der Waals surface area contributed by atoms with Crippen LogP contribution in [0.5, 0.6) is 0 Å². The Morgan fingerprint density at radius 2 is 2.25 bits per heavy atom. The first-order valence-corrected chi connectivity index (χ1v) is 6.01. The van der Waals surface area contributed by atoms with E-state index in [1.807, 2.05) is 4.90 Å². The third-order valence-electron chi connectivity index (χ3n) is 3.55. The minimum atomic E-state index is 0.110. The van der Waals surface area contributed by atoms with Crippen molar-refractivity contribution in [3.05, 3.63) is 28.5 Å². The Balaban J connectivity index is 1.90. The van der Waals surface area contributed by atoms with Crippen LogP contribution in [0.25, 0.3) is 0 Å². The maximum atomic E-state index is 12.1. The number of carbonyl (C=O) groups excluding carboxylic acids is 1. The van der Waals surface area contributed by atoms with Crippen molar-refractivity contribution < 1.29 is 4.79 Å². The summed E-state index contributed by atoms with van der Waals surface area (Å²) >= 11 is 5.83. The van der Waals surface area contributed by atoms with Crippen LogP contribution in [0.4, 0.5) is 0 Å². The predicted molar refractivity (Wildman–Crippen MR) is 61.3 cm³/mol. The van der Waals surface area contributed by atoms with E-state index in [0.29, 0.717) is 23.7 Å². The van der Waals surface area contributed by atoms with Gasteiger partial charge >= 0.3 is 0 Å². The Morgan fingerprint density at radius 3 is 2.94 bits per heavy atom. The number of hydrogen-bond acceptors (Lipinski definition) is 2. The highest BCUT2D eigenvalue weighted by Gasteiger charge is 2.38. The number of aromatic nitrogens is 1. The molecule has 3 nitrogen and oxygen atoms in total. The van der Waals surface area contributed by atoms with Gasteiger partial charge in [0, 0.05) is 6.04 Å². The lowest BCUT2D eigenvalue weighted by molar-refractivity contribution is 0.0697. The summed E-state index contributed by atoms with van der Waals surface area (Å²) in [5.74, 6) is 0.798. The van der Waals surface area contributed by atoms with E-state index in [9.17, 15) is 4.79 Å². The second-order valence-electron chi connectivity index (χ2n) is 4.64. The molecule has 2 heterocycles. The van der Waals surface area contributed by atoms with Crippen LogP contribution in [0.3, 0.4) is 0 Å². The molecule has 0 spiro atoms. The highest BCUT2D eigenvalue weighted by molar-refractivity contribution is 6.29. The number of halogens is 1. The Morgan fingerprint density at radius 1 is 1.50 bits per heavy atom. The smallest absolute Gasteiger partial charge is 0.256 e. The molecule has 2 aliphatic rings. The third-order valence-corrected chi connectivity index (χ3v) is 3.76. The lowest BCUT2D eigenvalue weighted by Crippen LogP contribution is -2.34. The lowest BCUT2D eigenvalue weighted by atomic mass is 10.2. The SMILES string of the molecule is C[C@@H](C1CC1)N1Cc2nc(Cl)ccc2C1=O. The quantitative estimate of drug-likeness (QED) is 0.740. The second-order valence-corrected chi connectivity index (χ2v) is 5.03. The highest BCUT2D eigenvalue weighted by atomic mass is 35.5. The van der Waals surface area contributed by atoms with Crippen LogP contribution in [0, 0.1) is 5.92 Å². The maximum Gasteiger partial charge on any atom is 0.256 e. The molecule has 1 aromatic rings. The van der Waals surface area contributed by atoms with Crippen molar-refractivity contribution in [2.75, 3.05) is 0 Å². The van der Waals surface area contributed by atoms with Crippen LogP contribution in [0.15, 0.2) is 12.1 Å². The molecule has 3 rings (SSSR count). The molecular weight excluding hydrogens is 224 g/mol. The first kappa shape index (κ1) is 10.1. The molecule has 84 valence electrons. The summed E-state index contributed by atoms with van der Waals surface area (Å²) < 4.78 is 0. The standard InChI is InChI=1S/C12H13ClN2O/c1-7(8-2-3-8)15-6-10-9(12(15)16)4-5-11(13)14-10/h4-5,7-8H,2-3,6H2,1H3/t7-/m0/s1. The summed E-state index contributed by atoms with van der Waals surface area (Å²) in [5, 5.41) is 0.465. The zero-order valence-electron chi connectivity index (χ0n) is 9.11. The zero-order valence-corrected chi connectivity index (χ0v) is 9.87. The molecule has 0 bridgehead atoms. The van der Waals surface area contributed by atoms with Crippen molar-refractivity contribution >= 4 is 17.5 Å². The largest absolute Gasteiger partial charge is 0.330 e. The van der Waals surface area contributed by atoms with Gasteiger partial charge in [0.05, 0.1) is 17.8 Å². The summed E-state index contributed by atoms with van der Waals surface area (Å²) in [7, 11) is 0. The van der Waals surface area contributed by atoms with Gasteiger partial charge in [0.25, 0.3) is 5.91 Å². The molecule has 1 fully saturated rings. The first-order chi connectivity index (χ1) is 7.66. The van der Waals surface area contributed by atoms with Gasteiger partial charge in [-0.15, -0.1) is 0 Å². The molecule has 1 atom stereocenters. The van der Waals surface area contributed by atoms with Crippen molar-refractivity contribution in [2.45, 2.75) is 32.4 Å². The number of fused-ring (bicyclic) bond motifs is 1. The van der Waals surface area contributed by atoms with Crippen LogP contribution in [0.2, 0.25) is 5.15 Å². The molecule has 1 amide bonds. The molecule has 1 aromatic heterocycles. The van der Waals surface area contributed by atoms with Gasteiger partial charge in [-0.05, 0) is 37.8 Å². The maximum absolute atomic E-state index is 12.1. The van der Waals surface area contributed by atoms with E-state index < -0.39 is 0 Å². The van der Waals surface area contributed by atoms with Gasteiger partial charge in [-0.1, -0.05) is 11.6 Å². The van der Waals surface area contributed by atoms with Crippen LogP contribution in [-0.4, -0.2) is 21.8 Å². The number of carbonyl (C=O) groups is 1. The fraction of sp³-hybridized carbons (Fsp3) is 0.500. The molecule has 0 unspecified atom stereocenters. The zero-order chi connectivity index (χ0) is 11.3. The van der Waals surface area contributed by atoms with E-state index >= 15 is 0 Å². The number of nitrogens with zero attached hydrogens (tertiary/aromatic N) is 2. The molecule has 0 radical (unpaired) electrons. The van der Waals surface area contributed by atoms with E-state index in [1.165, 1.54) is 12.8 Å². The molecule has 1 aliphatic carbocycles. The van der Waals surface area contributed by atoms with E-state index in [-0.39, 0.29) is 5.91 Å². The molecular formula is C12H13ClN2O. The Kier molecular flexibility index (Phi) is 2.18. The van der Waals surface area contributed by atoms with Gasteiger partial charge < -0.3 is 4.90 Å². The number of amides is 1. The Bertz CT molecular complexity index is 456. The van der Waals surface area contributed by atoms with Crippen molar-refractivity contribution in [2.24, 2.45) is 5.92 Å². The third kappa shape index (κ3) is 1.50. The van der Waals surface area contributed by atoms with E-state index in [1.54, 1.807) is 12.1 Å². The molecule has 0 saturated heterocycles. The number of pyridine rings is 1. The second kappa shape index (κ2) is 3.45.